The van der Waals surface area contributed by atoms with Crippen LogP contribution in [0.15, 0.2) is 36.4 Å². The number of hydrogen-bond acceptors (Lipinski definition) is 2. The molecule has 2 nitrogen and oxygen atoms in total. The summed E-state index contributed by atoms with van der Waals surface area (Å²) in [5.74, 6) is 0.323. The van der Waals surface area contributed by atoms with Gasteiger partial charge in [-0.05, 0) is 50.1 Å². The van der Waals surface area contributed by atoms with Crippen molar-refractivity contribution in [1.29, 1.82) is 0 Å². The Bertz CT molecular complexity index is 591. The lowest BCUT2D eigenvalue weighted by molar-refractivity contribution is 0.198. The van der Waals surface area contributed by atoms with Crippen LogP contribution in [0, 0.1) is 19.7 Å². The van der Waals surface area contributed by atoms with Crippen molar-refractivity contribution in [2.45, 2.75) is 26.9 Å². The van der Waals surface area contributed by atoms with Crippen molar-refractivity contribution in [3.63, 3.8) is 0 Å². The molecule has 0 saturated heterocycles. The van der Waals surface area contributed by atoms with Crippen molar-refractivity contribution < 1.29 is 14.2 Å². The third-order valence-electron chi connectivity index (χ3n) is 2.99. The summed E-state index contributed by atoms with van der Waals surface area (Å²) in [6.45, 7) is 5.51. The molecule has 19 heavy (non-hydrogen) atoms. The molecule has 0 aliphatic heterocycles. The van der Waals surface area contributed by atoms with Gasteiger partial charge in [-0.3, -0.25) is 0 Å². The van der Waals surface area contributed by atoms with Crippen LogP contribution < -0.4 is 4.74 Å². The van der Waals surface area contributed by atoms with E-state index in [9.17, 15) is 9.50 Å². The van der Waals surface area contributed by atoms with E-state index in [0.717, 1.165) is 11.1 Å². The summed E-state index contributed by atoms with van der Waals surface area (Å²) in [6, 6.07) is 10.2. The van der Waals surface area contributed by atoms with Crippen molar-refractivity contribution >= 4 is 0 Å². The van der Waals surface area contributed by atoms with Gasteiger partial charge in [0.1, 0.15) is 5.75 Å². The van der Waals surface area contributed by atoms with Gasteiger partial charge in [0, 0.05) is 0 Å². The van der Waals surface area contributed by atoms with E-state index in [0.29, 0.717) is 11.3 Å². The van der Waals surface area contributed by atoms with Crippen LogP contribution in [0.5, 0.6) is 11.5 Å². The third kappa shape index (κ3) is 3.12. The lowest BCUT2D eigenvalue weighted by Crippen LogP contribution is -1.95. The van der Waals surface area contributed by atoms with E-state index >= 15 is 0 Å². The molecule has 0 bridgehead atoms. The molecule has 0 aliphatic carbocycles. The molecular weight excluding hydrogens is 243 g/mol. The van der Waals surface area contributed by atoms with E-state index in [1.165, 1.54) is 12.1 Å². The first-order valence-electron chi connectivity index (χ1n) is 6.20. The Morgan fingerprint density at radius 3 is 2.32 bits per heavy atom. The zero-order chi connectivity index (χ0) is 14.0. The summed E-state index contributed by atoms with van der Waals surface area (Å²) in [5.41, 5.74) is 2.62. The van der Waals surface area contributed by atoms with Gasteiger partial charge in [0.2, 0.25) is 0 Å². The molecule has 0 aliphatic rings. The fourth-order valence-electron chi connectivity index (χ4n) is 1.89. The normalized spacial score (nSPS) is 12.3. The molecule has 2 rings (SSSR count). The highest BCUT2D eigenvalue weighted by atomic mass is 19.1. The Kier molecular flexibility index (Phi) is 3.86. The number of halogens is 1. The smallest absolute Gasteiger partial charge is 0.166 e. The first-order chi connectivity index (χ1) is 8.97. The molecule has 2 aromatic rings. The summed E-state index contributed by atoms with van der Waals surface area (Å²) in [5, 5.41) is 9.40. The Morgan fingerprint density at radius 2 is 1.74 bits per heavy atom. The van der Waals surface area contributed by atoms with E-state index in [4.69, 9.17) is 4.74 Å². The first-order valence-corrected chi connectivity index (χ1v) is 6.20. The maximum Gasteiger partial charge on any atom is 0.166 e. The average molecular weight is 260 g/mol. The highest BCUT2D eigenvalue weighted by molar-refractivity contribution is 5.40. The summed E-state index contributed by atoms with van der Waals surface area (Å²) in [6.07, 6.45) is -0.690. The van der Waals surface area contributed by atoms with Crippen LogP contribution in [0.25, 0.3) is 0 Å². The highest BCUT2D eigenvalue weighted by Gasteiger charge is 2.10. The van der Waals surface area contributed by atoms with Crippen LogP contribution in [-0.4, -0.2) is 5.11 Å². The number of aliphatic hydroxyl groups excluding tert-OH is 1. The first kappa shape index (κ1) is 13.6. The van der Waals surface area contributed by atoms with Gasteiger partial charge in [0.15, 0.2) is 11.6 Å². The molecule has 2 aromatic carbocycles. The third-order valence-corrected chi connectivity index (χ3v) is 2.99. The van der Waals surface area contributed by atoms with E-state index in [1.54, 1.807) is 13.0 Å². The fraction of sp³-hybridized carbons (Fsp3) is 0.250. The topological polar surface area (TPSA) is 29.5 Å². The van der Waals surface area contributed by atoms with Crippen LogP contribution in [0.3, 0.4) is 0 Å². The molecule has 0 amide bonds. The van der Waals surface area contributed by atoms with Crippen LogP contribution >= 0.6 is 0 Å². The van der Waals surface area contributed by atoms with E-state index in [2.05, 4.69) is 0 Å². The summed E-state index contributed by atoms with van der Waals surface area (Å²) in [4.78, 5) is 0. The molecule has 3 heteroatoms. The van der Waals surface area contributed by atoms with Gasteiger partial charge < -0.3 is 9.84 Å². The zero-order valence-electron chi connectivity index (χ0n) is 11.3. The Balaban J connectivity index is 2.28. The molecule has 0 unspecified atom stereocenters. The summed E-state index contributed by atoms with van der Waals surface area (Å²) < 4.78 is 19.4. The van der Waals surface area contributed by atoms with Crippen LogP contribution in [-0.2, 0) is 0 Å². The predicted octanol–water partition coefficient (Wildman–Crippen LogP) is 4.29. The van der Waals surface area contributed by atoms with Crippen LogP contribution in [0.4, 0.5) is 4.39 Å². The monoisotopic (exact) mass is 260 g/mol. The fourth-order valence-corrected chi connectivity index (χ4v) is 1.89. The van der Waals surface area contributed by atoms with Gasteiger partial charge in [-0.25, -0.2) is 4.39 Å². The molecule has 100 valence electrons. The van der Waals surface area contributed by atoms with Crippen molar-refractivity contribution in [2.24, 2.45) is 0 Å². The second kappa shape index (κ2) is 5.41. The van der Waals surface area contributed by atoms with E-state index in [1.807, 2.05) is 32.0 Å². The van der Waals surface area contributed by atoms with Gasteiger partial charge in [0.05, 0.1) is 6.10 Å². The number of ether oxygens (including phenoxy) is 1. The second-order valence-electron chi connectivity index (χ2n) is 4.74. The summed E-state index contributed by atoms with van der Waals surface area (Å²) in [7, 11) is 0. The van der Waals surface area contributed by atoms with Crippen molar-refractivity contribution in [1.82, 2.24) is 0 Å². The minimum Gasteiger partial charge on any atom is -0.454 e. The molecule has 1 atom stereocenters. The molecular formula is C16H17FO2. The Morgan fingerprint density at radius 1 is 1.05 bits per heavy atom. The van der Waals surface area contributed by atoms with Gasteiger partial charge in [-0.15, -0.1) is 0 Å². The maximum atomic E-state index is 13.9. The van der Waals surface area contributed by atoms with E-state index < -0.39 is 11.9 Å². The van der Waals surface area contributed by atoms with Crippen molar-refractivity contribution in [3.8, 4) is 11.5 Å². The molecule has 0 fully saturated rings. The maximum absolute atomic E-state index is 13.9. The van der Waals surface area contributed by atoms with Gasteiger partial charge in [0.25, 0.3) is 0 Å². The van der Waals surface area contributed by atoms with Gasteiger partial charge in [-0.1, -0.05) is 23.8 Å². The van der Waals surface area contributed by atoms with Crippen LogP contribution in [0.2, 0.25) is 0 Å². The molecule has 0 spiro atoms. The largest absolute Gasteiger partial charge is 0.454 e. The van der Waals surface area contributed by atoms with Crippen LogP contribution in [0.1, 0.15) is 29.7 Å². The van der Waals surface area contributed by atoms with Gasteiger partial charge in [-0.2, -0.15) is 0 Å². The standard InChI is InChI=1S/C16H17FO2/c1-10-4-6-15(11(2)8-10)19-16-7-5-13(12(3)18)9-14(16)17/h4-9,12,18H,1-3H3/t12-/m0/s1. The predicted molar refractivity (Wildman–Crippen MR) is 73.0 cm³/mol. The van der Waals surface area contributed by atoms with Gasteiger partial charge >= 0.3 is 0 Å². The Hall–Kier alpha value is -1.87. The lowest BCUT2D eigenvalue weighted by atomic mass is 10.1. The lowest BCUT2D eigenvalue weighted by Gasteiger charge is -2.12. The zero-order valence-corrected chi connectivity index (χ0v) is 11.3. The minimum atomic E-state index is -0.690. The van der Waals surface area contributed by atoms with Crippen molar-refractivity contribution in [3.05, 3.63) is 58.9 Å². The second-order valence-corrected chi connectivity index (χ2v) is 4.74. The Labute approximate surface area is 112 Å². The summed E-state index contributed by atoms with van der Waals surface area (Å²) >= 11 is 0. The highest BCUT2D eigenvalue weighted by Crippen LogP contribution is 2.29. The number of hydrogen-bond donors (Lipinski definition) is 1. The average Bonchev–Trinajstić information content (AvgIpc) is 2.34. The molecule has 1 N–H and O–H groups in total. The van der Waals surface area contributed by atoms with Crippen molar-refractivity contribution in [2.75, 3.05) is 0 Å². The molecule has 0 heterocycles. The number of aryl methyl sites for hydroxylation is 2. The minimum absolute atomic E-state index is 0.163. The molecule has 0 radical (unpaired) electrons. The van der Waals surface area contributed by atoms with E-state index in [-0.39, 0.29) is 5.75 Å². The molecule has 0 aromatic heterocycles. The number of rotatable bonds is 3. The molecule has 0 saturated carbocycles. The number of benzene rings is 2. The number of aliphatic hydroxyl groups is 1. The quantitative estimate of drug-likeness (QED) is 0.892. The SMILES string of the molecule is Cc1ccc(Oc2ccc([C@H](C)O)cc2F)c(C)c1.